The number of carbonyl (C=O) groups excluding carboxylic acids is 3. The predicted octanol–water partition coefficient (Wildman–Crippen LogP) is 4.04. The second kappa shape index (κ2) is 13.0. The number of nitrogens with zero attached hydrogens (tertiary/aromatic N) is 1. The van der Waals surface area contributed by atoms with Crippen molar-refractivity contribution in [1.29, 1.82) is 0 Å². The number of likely N-dealkylation sites (N-methyl/N-ethyl adjacent to an activating group) is 1. The lowest BCUT2D eigenvalue weighted by Crippen LogP contribution is -2.53. The highest BCUT2D eigenvalue weighted by atomic mass is 16.6. The number of phenolic OH excluding ortho intramolecular Hbond substituents is 2. The Morgan fingerprint density at radius 3 is 2.00 bits per heavy atom. The van der Waals surface area contributed by atoms with Crippen LogP contribution in [-0.2, 0) is 20.7 Å². The summed E-state index contributed by atoms with van der Waals surface area (Å²) in [4.78, 5) is 41.1. The van der Waals surface area contributed by atoms with Gasteiger partial charge < -0.3 is 30.5 Å². The van der Waals surface area contributed by atoms with Gasteiger partial charge in [-0.15, -0.1) is 0 Å². The van der Waals surface area contributed by atoms with Gasteiger partial charge in [0, 0.05) is 19.5 Å². The van der Waals surface area contributed by atoms with Crippen LogP contribution in [-0.4, -0.2) is 57.8 Å². The standard InChI is InChI=1S/C28H39N3O6/c1-7-8-18(2)29-25(34)24(20-11-15-22(33)16-12-20)31(6)26(35)23(30-27(36)37-28(3,4)5)17-19-9-13-21(32)14-10-19/h9-16,18,23-24,32-33H,7-8,17H2,1-6H3,(H,29,34)(H,30,36). The summed E-state index contributed by atoms with van der Waals surface area (Å²) in [7, 11) is 1.50. The molecule has 2 aromatic carbocycles. The molecule has 0 radical (unpaired) electrons. The number of alkyl carbamates (subject to hydrolysis) is 1. The molecule has 0 aliphatic carbocycles. The van der Waals surface area contributed by atoms with Gasteiger partial charge in [0.05, 0.1) is 0 Å². The Bertz CT molecular complexity index is 1050. The van der Waals surface area contributed by atoms with Crippen LogP contribution in [0.15, 0.2) is 48.5 Å². The maximum absolute atomic E-state index is 13.8. The van der Waals surface area contributed by atoms with Gasteiger partial charge in [-0.3, -0.25) is 9.59 Å². The van der Waals surface area contributed by atoms with E-state index < -0.39 is 29.7 Å². The summed E-state index contributed by atoms with van der Waals surface area (Å²) in [6.45, 7) is 9.08. The molecule has 37 heavy (non-hydrogen) atoms. The molecule has 2 rings (SSSR count). The van der Waals surface area contributed by atoms with Gasteiger partial charge in [-0.1, -0.05) is 37.6 Å². The average Bonchev–Trinajstić information content (AvgIpc) is 2.79. The summed E-state index contributed by atoms with van der Waals surface area (Å²) in [6.07, 6.45) is 1.00. The maximum atomic E-state index is 13.8. The third kappa shape index (κ3) is 9.33. The van der Waals surface area contributed by atoms with Crippen LogP contribution >= 0.6 is 0 Å². The number of ether oxygens (including phenoxy) is 1. The molecule has 9 nitrogen and oxygen atoms in total. The van der Waals surface area contributed by atoms with Crippen LogP contribution in [0.5, 0.6) is 11.5 Å². The van der Waals surface area contributed by atoms with Crippen molar-refractivity contribution in [1.82, 2.24) is 15.5 Å². The molecular formula is C28H39N3O6. The van der Waals surface area contributed by atoms with Crippen LogP contribution in [0, 0.1) is 0 Å². The second-order valence-corrected chi connectivity index (χ2v) is 10.2. The summed E-state index contributed by atoms with van der Waals surface area (Å²) in [5.74, 6) is -0.763. The van der Waals surface area contributed by atoms with Crippen LogP contribution in [0.3, 0.4) is 0 Å². The Balaban J connectivity index is 2.40. The van der Waals surface area contributed by atoms with Crippen molar-refractivity contribution >= 4 is 17.9 Å². The fourth-order valence-electron chi connectivity index (χ4n) is 3.93. The third-order valence-corrected chi connectivity index (χ3v) is 5.67. The highest BCUT2D eigenvalue weighted by Crippen LogP contribution is 2.24. The molecule has 2 aromatic rings. The van der Waals surface area contributed by atoms with Crippen LogP contribution in [0.2, 0.25) is 0 Å². The van der Waals surface area contributed by atoms with Crippen molar-refractivity contribution in [2.45, 2.75) is 77.6 Å². The molecule has 202 valence electrons. The van der Waals surface area contributed by atoms with Crippen LogP contribution in [0.4, 0.5) is 4.79 Å². The van der Waals surface area contributed by atoms with Crippen molar-refractivity contribution in [3.63, 3.8) is 0 Å². The van der Waals surface area contributed by atoms with Crippen molar-refractivity contribution in [3.8, 4) is 11.5 Å². The molecule has 0 bridgehead atoms. The first kappa shape index (κ1) is 29.5. The van der Waals surface area contributed by atoms with E-state index in [1.54, 1.807) is 45.0 Å². The molecule has 0 aliphatic heterocycles. The normalized spacial score (nSPS) is 13.7. The van der Waals surface area contributed by atoms with Crippen molar-refractivity contribution in [3.05, 3.63) is 59.7 Å². The number of hydrogen-bond acceptors (Lipinski definition) is 6. The molecule has 0 saturated heterocycles. The van der Waals surface area contributed by atoms with Gasteiger partial charge in [-0.05, 0) is 69.5 Å². The lowest BCUT2D eigenvalue weighted by Gasteiger charge is -2.32. The van der Waals surface area contributed by atoms with E-state index in [2.05, 4.69) is 10.6 Å². The fourth-order valence-corrected chi connectivity index (χ4v) is 3.93. The Morgan fingerprint density at radius 2 is 1.49 bits per heavy atom. The number of amides is 3. The average molecular weight is 514 g/mol. The summed E-state index contributed by atoms with van der Waals surface area (Å²) in [5, 5.41) is 25.0. The molecule has 9 heteroatoms. The molecule has 3 atom stereocenters. The first-order chi connectivity index (χ1) is 17.3. The molecule has 0 saturated carbocycles. The van der Waals surface area contributed by atoms with Gasteiger partial charge in [0.15, 0.2) is 0 Å². The predicted molar refractivity (Wildman–Crippen MR) is 141 cm³/mol. The largest absolute Gasteiger partial charge is 0.508 e. The first-order valence-corrected chi connectivity index (χ1v) is 12.4. The number of phenols is 2. The topological polar surface area (TPSA) is 128 Å². The number of hydrogen-bond donors (Lipinski definition) is 4. The van der Waals surface area contributed by atoms with Crippen molar-refractivity contribution in [2.24, 2.45) is 0 Å². The Hall–Kier alpha value is -3.75. The third-order valence-electron chi connectivity index (χ3n) is 5.67. The number of nitrogens with one attached hydrogen (secondary N) is 2. The molecule has 0 aromatic heterocycles. The van der Waals surface area contributed by atoms with Crippen molar-refractivity contribution < 1.29 is 29.3 Å². The van der Waals surface area contributed by atoms with E-state index in [4.69, 9.17) is 4.74 Å². The Labute approximate surface area is 218 Å². The molecule has 3 unspecified atom stereocenters. The quantitative estimate of drug-likeness (QED) is 0.380. The SMILES string of the molecule is CCCC(C)NC(=O)C(c1ccc(O)cc1)N(C)C(=O)C(Cc1ccc(O)cc1)NC(=O)OC(C)(C)C. The Kier molecular flexibility index (Phi) is 10.3. The van der Waals surface area contributed by atoms with Crippen LogP contribution in [0.1, 0.15) is 64.6 Å². The number of rotatable bonds is 10. The van der Waals surface area contributed by atoms with Gasteiger partial charge in [0.2, 0.25) is 11.8 Å². The zero-order chi connectivity index (χ0) is 27.8. The smallest absolute Gasteiger partial charge is 0.408 e. The van der Waals surface area contributed by atoms with E-state index in [0.717, 1.165) is 12.8 Å². The molecule has 0 heterocycles. The zero-order valence-corrected chi connectivity index (χ0v) is 22.4. The van der Waals surface area contributed by atoms with E-state index in [1.165, 1.54) is 36.2 Å². The number of carbonyl (C=O) groups is 3. The lowest BCUT2D eigenvalue weighted by atomic mass is 10.0. The van der Waals surface area contributed by atoms with Crippen LogP contribution < -0.4 is 10.6 Å². The zero-order valence-electron chi connectivity index (χ0n) is 22.4. The van der Waals surface area contributed by atoms with E-state index in [0.29, 0.717) is 11.1 Å². The minimum absolute atomic E-state index is 0.0352. The van der Waals surface area contributed by atoms with Crippen molar-refractivity contribution in [2.75, 3.05) is 7.05 Å². The van der Waals surface area contributed by atoms with Gasteiger partial charge in [-0.2, -0.15) is 0 Å². The maximum Gasteiger partial charge on any atom is 0.408 e. The second-order valence-electron chi connectivity index (χ2n) is 10.2. The molecule has 4 N–H and O–H groups in total. The summed E-state index contributed by atoms with van der Waals surface area (Å²) in [6, 6.07) is 10.2. The Morgan fingerprint density at radius 1 is 0.946 bits per heavy atom. The van der Waals surface area contributed by atoms with E-state index in [9.17, 15) is 24.6 Å². The van der Waals surface area contributed by atoms with E-state index >= 15 is 0 Å². The van der Waals surface area contributed by atoms with Crippen LogP contribution in [0.25, 0.3) is 0 Å². The molecule has 0 spiro atoms. The van der Waals surface area contributed by atoms with E-state index in [-0.39, 0.29) is 29.9 Å². The van der Waals surface area contributed by atoms with Gasteiger partial charge >= 0.3 is 6.09 Å². The van der Waals surface area contributed by atoms with Gasteiger partial charge in [-0.25, -0.2) is 4.79 Å². The molecule has 3 amide bonds. The minimum Gasteiger partial charge on any atom is -0.508 e. The number of aromatic hydroxyl groups is 2. The molecule has 0 aliphatic rings. The number of benzene rings is 2. The van der Waals surface area contributed by atoms with Gasteiger partial charge in [0.1, 0.15) is 29.2 Å². The van der Waals surface area contributed by atoms with E-state index in [1.807, 2.05) is 13.8 Å². The monoisotopic (exact) mass is 513 g/mol. The molecule has 0 fully saturated rings. The van der Waals surface area contributed by atoms with Gasteiger partial charge in [0.25, 0.3) is 0 Å². The summed E-state index contributed by atoms with van der Waals surface area (Å²) >= 11 is 0. The highest BCUT2D eigenvalue weighted by Gasteiger charge is 2.34. The fraction of sp³-hybridized carbons (Fsp3) is 0.464. The molecular weight excluding hydrogens is 474 g/mol. The highest BCUT2D eigenvalue weighted by molar-refractivity contribution is 5.92. The first-order valence-electron chi connectivity index (χ1n) is 12.4. The minimum atomic E-state index is -1.05. The summed E-state index contributed by atoms with van der Waals surface area (Å²) < 4.78 is 5.37. The lowest BCUT2D eigenvalue weighted by molar-refractivity contribution is -0.141. The summed E-state index contributed by atoms with van der Waals surface area (Å²) in [5.41, 5.74) is 0.435.